The largest absolute Gasteiger partial charge is 0.495 e. The van der Waals surface area contributed by atoms with Crippen molar-refractivity contribution in [2.75, 3.05) is 18.2 Å². The molecule has 1 aromatic carbocycles. The van der Waals surface area contributed by atoms with Crippen LogP contribution in [0.4, 0.5) is 0 Å². The van der Waals surface area contributed by atoms with Crippen molar-refractivity contribution in [3.05, 3.63) is 60.4 Å². The number of carbonyl (C=O) groups excluding carboxylic acids is 1. The molecule has 0 radical (unpaired) electrons. The molecular formula is C22H33BrO5Si. The van der Waals surface area contributed by atoms with Crippen LogP contribution in [0.5, 0.6) is 0 Å². The Morgan fingerprint density at radius 2 is 1.97 bits per heavy atom. The van der Waals surface area contributed by atoms with Gasteiger partial charge in [-0.2, -0.15) is 0 Å². The quantitative estimate of drug-likeness (QED) is 0.0911. The monoisotopic (exact) mass is 484 g/mol. The van der Waals surface area contributed by atoms with E-state index in [2.05, 4.69) is 35.6 Å². The fourth-order valence-electron chi connectivity index (χ4n) is 2.45. The maximum Gasteiger partial charge on any atom is 0.333 e. The summed E-state index contributed by atoms with van der Waals surface area (Å²) in [6, 6.07) is 9.96. The number of rotatable bonds is 14. The van der Waals surface area contributed by atoms with E-state index in [1.807, 2.05) is 37.3 Å². The highest BCUT2D eigenvalue weighted by molar-refractivity contribution is 9.09. The molecule has 0 aliphatic carbocycles. The number of halogens is 1. The van der Waals surface area contributed by atoms with Gasteiger partial charge in [0.15, 0.2) is 8.32 Å². The molecule has 0 heterocycles. The summed E-state index contributed by atoms with van der Waals surface area (Å²) < 4.78 is 22.9. The number of benzene rings is 1. The lowest BCUT2D eigenvalue weighted by Gasteiger charge is -2.30. The first-order valence-corrected chi connectivity index (χ1v) is 14.0. The maximum absolute atomic E-state index is 11.5. The molecule has 0 spiro atoms. The standard InChI is InChI=1S/C22H33BrO5Si/c1-6-26-22(24)12-13-27-20(16-25-15-19-10-8-7-9-11-19)14-21(18(2)3)28-29(4,5)17-23/h7-13,20-21H,2,6,14-17H2,1,3-5H3/b13-12+/t20-,21+/m0/s1. The second-order valence-corrected chi connectivity index (χ2v) is 13.1. The number of hydrogen-bond donors (Lipinski definition) is 0. The molecule has 7 heteroatoms. The Bertz CT molecular complexity index is 648. The summed E-state index contributed by atoms with van der Waals surface area (Å²) in [6.07, 6.45) is 2.81. The van der Waals surface area contributed by atoms with E-state index in [1.54, 1.807) is 6.92 Å². The molecule has 1 rings (SSSR count). The summed E-state index contributed by atoms with van der Waals surface area (Å²) in [6.45, 7) is 13.3. The van der Waals surface area contributed by atoms with Gasteiger partial charge in [0, 0.05) is 11.4 Å². The summed E-state index contributed by atoms with van der Waals surface area (Å²) in [5.41, 5.74) is 2.03. The van der Waals surface area contributed by atoms with Crippen molar-refractivity contribution in [2.45, 2.75) is 52.2 Å². The molecule has 0 unspecified atom stereocenters. The molecule has 5 nitrogen and oxygen atoms in total. The number of esters is 1. The normalized spacial score (nSPS) is 13.8. The predicted molar refractivity (Wildman–Crippen MR) is 122 cm³/mol. The van der Waals surface area contributed by atoms with Gasteiger partial charge in [-0.3, -0.25) is 0 Å². The Kier molecular flexibility index (Phi) is 12.1. The lowest BCUT2D eigenvalue weighted by molar-refractivity contribution is -0.137. The number of ether oxygens (including phenoxy) is 3. The van der Waals surface area contributed by atoms with E-state index in [-0.39, 0.29) is 12.2 Å². The molecule has 0 saturated carbocycles. The lowest BCUT2D eigenvalue weighted by Crippen LogP contribution is -2.40. The fourth-order valence-corrected chi connectivity index (χ4v) is 3.97. The summed E-state index contributed by atoms with van der Waals surface area (Å²) in [5.74, 6) is -0.433. The van der Waals surface area contributed by atoms with Gasteiger partial charge in [0.05, 0.1) is 38.3 Å². The summed E-state index contributed by atoms with van der Waals surface area (Å²) in [5, 5.41) is 0. The third-order valence-electron chi connectivity index (χ3n) is 3.99. The molecule has 0 aliphatic heterocycles. The zero-order valence-corrected chi connectivity index (χ0v) is 20.4. The molecule has 0 fully saturated rings. The molecule has 0 saturated heterocycles. The molecule has 29 heavy (non-hydrogen) atoms. The maximum atomic E-state index is 11.5. The second-order valence-electron chi connectivity index (χ2n) is 7.40. The van der Waals surface area contributed by atoms with Crippen LogP contribution in [-0.2, 0) is 30.0 Å². The first kappa shape index (κ1) is 25.6. The van der Waals surface area contributed by atoms with Crippen molar-refractivity contribution in [3.8, 4) is 0 Å². The van der Waals surface area contributed by atoms with Crippen LogP contribution >= 0.6 is 15.9 Å². The summed E-state index contributed by atoms with van der Waals surface area (Å²) >= 11 is 3.54. The smallest absolute Gasteiger partial charge is 0.333 e. The van der Waals surface area contributed by atoms with Crippen LogP contribution in [0, 0.1) is 0 Å². The van der Waals surface area contributed by atoms with Gasteiger partial charge >= 0.3 is 5.97 Å². The van der Waals surface area contributed by atoms with Crippen molar-refractivity contribution < 1.29 is 23.4 Å². The van der Waals surface area contributed by atoms with E-state index in [4.69, 9.17) is 18.6 Å². The molecule has 0 aromatic heterocycles. The van der Waals surface area contributed by atoms with Crippen LogP contribution < -0.4 is 0 Å². The SMILES string of the molecule is C=C(C)[C@@H](C[C@@H](COCc1ccccc1)O/C=C/C(=O)OCC)O[Si](C)(C)CBr. The Morgan fingerprint density at radius 3 is 2.55 bits per heavy atom. The number of alkyl halides is 1. The van der Waals surface area contributed by atoms with Crippen LogP contribution in [0.2, 0.25) is 13.1 Å². The van der Waals surface area contributed by atoms with E-state index in [1.165, 1.54) is 12.3 Å². The molecule has 0 N–H and O–H groups in total. The molecule has 0 aliphatic rings. The first-order chi connectivity index (χ1) is 13.8. The van der Waals surface area contributed by atoms with E-state index in [0.29, 0.717) is 26.2 Å². The molecule has 0 bridgehead atoms. The van der Waals surface area contributed by atoms with Gasteiger partial charge in [-0.05, 0) is 32.5 Å². The van der Waals surface area contributed by atoms with E-state index in [0.717, 1.165) is 16.1 Å². The number of carbonyl (C=O) groups is 1. The molecular weight excluding hydrogens is 452 g/mol. The average molecular weight is 485 g/mol. The van der Waals surface area contributed by atoms with Crippen LogP contribution in [0.15, 0.2) is 54.8 Å². The molecule has 1 aromatic rings. The minimum absolute atomic E-state index is 0.143. The van der Waals surface area contributed by atoms with Gasteiger partial charge in [0.1, 0.15) is 6.10 Å². The van der Waals surface area contributed by atoms with Crippen molar-refractivity contribution in [3.63, 3.8) is 0 Å². The first-order valence-electron chi connectivity index (χ1n) is 9.77. The molecule has 162 valence electrons. The highest BCUT2D eigenvalue weighted by atomic mass is 79.9. The highest BCUT2D eigenvalue weighted by Gasteiger charge is 2.28. The minimum Gasteiger partial charge on any atom is -0.495 e. The lowest BCUT2D eigenvalue weighted by atomic mass is 10.1. The second kappa shape index (κ2) is 13.7. The fraction of sp³-hybridized carbons (Fsp3) is 0.500. The number of hydrogen-bond acceptors (Lipinski definition) is 5. The van der Waals surface area contributed by atoms with E-state index >= 15 is 0 Å². The minimum atomic E-state index is -1.85. The predicted octanol–water partition coefficient (Wildman–Crippen LogP) is 5.16. The molecule has 2 atom stereocenters. The topological polar surface area (TPSA) is 54.0 Å². The third kappa shape index (κ3) is 11.4. The zero-order chi connectivity index (χ0) is 21.7. The van der Waals surface area contributed by atoms with Crippen molar-refractivity contribution in [1.82, 2.24) is 0 Å². The van der Waals surface area contributed by atoms with Crippen molar-refractivity contribution >= 4 is 30.2 Å². The van der Waals surface area contributed by atoms with Gasteiger partial charge in [-0.1, -0.05) is 58.4 Å². The van der Waals surface area contributed by atoms with Gasteiger partial charge < -0.3 is 18.6 Å². The Hall–Kier alpha value is -1.41. The zero-order valence-electron chi connectivity index (χ0n) is 17.9. The van der Waals surface area contributed by atoms with Gasteiger partial charge in [-0.15, -0.1) is 0 Å². The van der Waals surface area contributed by atoms with Crippen LogP contribution in [0.3, 0.4) is 0 Å². The highest BCUT2D eigenvalue weighted by Crippen LogP contribution is 2.21. The van der Waals surface area contributed by atoms with Crippen molar-refractivity contribution in [1.29, 1.82) is 0 Å². The Morgan fingerprint density at radius 1 is 1.28 bits per heavy atom. The Labute approximate surface area is 184 Å². The average Bonchev–Trinajstić information content (AvgIpc) is 2.68. The summed E-state index contributed by atoms with van der Waals surface area (Å²) in [4.78, 5) is 12.4. The van der Waals surface area contributed by atoms with Gasteiger partial charge in [0.25, 0.3) is 0 Å². The van der Waals surface area contributed by atoms with Crippen molar-refractivity contribution in [2.24, 2.45) is 0 Å². The van der Waals surface area contributed by atoms with Gasteiger partial charge in [-0.25, -0.2) is 4.79 Å². The van der Waals surface area contributed by atoms with E-state index < -0.39 is 14.3 Å². The van der Waals surface area contributed by atoms with Crippen LogP contribution in [0.25, 0.3) is 0 Å². The van der Waals surface area contributed by atoms with Gasteiger partial charge in [0.2, 0.25) is 0 Å². The summed E-state index contributed by atoms with van der Waals surface area (Å²) in [7, 11) is -1.85. The molecule has 0 amide bonds. The Balaban J connectivity index is 2.75. The van der Waals surface area contributed by atoms with E-state index in [9.17, 15) is 4.79 Å². The third-order valence-corrected chi connectivity index (χ3v) is 9.60. The van der Waals surface area contributed by atoms with Crippen LogP contribution in [-0.4, -0.2) is 44.7 Å². The van der Waals surface area contributed by atoms with Crippen LogP contribution in [0.1, 0.15) is 25.8 Å².